The quantitative estimate of drug-likeness (QED) is 0.311. The van der Waals surface area contributed by atoms with Gasteiger partial charge in [0.15, 0.2) is 11.9 Å². The molecular weight excluding hydrogens is 476 g/mol. The largest absolute Gasteiger partial charge is 0.445 e. The number of carbonyl (C=O) groups excluding carboxylic acids is 4. The van der Waals surface area contributed by atoms with E-state index >= 15 is 0 Å². The number of nitrogens with one attached hydrogen (secondary N) is 3. The maximum atomic E-state index is 13.1. The highest BCUT2D eigenvalue weighted by Crippen LogP contribution is 2.17. The van der Waals surface area contributed by atoms with E-state index in [9.17, 15) is 19.2 Å². The summed E-state index contributed by atoms with van der Waals surface area (Å²) < 4.78 is 10.4. The number of hydrogen-bond acceptors (Lipinski definition) is 7. The normalized spacial score (nSPS) is 11.5. The summed E-state index contributed by atoms with van der Waals surface area (Å²) in [5.74, 6) is -1.28. The van der Waals surface area contributed by atoms with Gasteiger partial charge in [0.05, 0.1) is 5.56 Å². The van der Waals surface area contributed by atoms with Crippen molar-refractivity contribution in [2.75, 3.05) is 5.32 Å². The van der Waals surface area contributed by atoms with Crippen LogP contribution in [0.2, 0.25) is 0 Å². The summed E-state index contributed by atoms with van der Waals surface area (Å²) in [6.45, 7) is 4.90. The Hall–Kier alpha value is -4.73. The first kappa shape index (κ1) is 26.9. The first-order chi connectivity index (χ1) is 17.6. The Labute approximate surface area is 214 Å². The van der Waals surface area contributed by atoms with E-state index in [4.69, 9.17) is 9.47 Å². The fourth-order valence-corrected chi connectivity index (χ4v) is 3.10. The molecule has 3 aromatic rings. The van der Waals surface area contributed by atoms with Crippen molar-refractivity contribution in [3.8, 4) is 0 Å². The monoisotopic (exact) mass is 504 g/mol. The van der Waals surface area contributed by atoms with Crippen LogP contribution in [0.1, 0.15) is 42.3 Å². The average Bonchev–Trinajstić information content (AvgIpc) is 2.87. The molecule has 3 N–H and O–H groups in total. The number of amides is 3. The van der Waals surface area contributed by atoms with Crippen LogP contribution >= 0.6 is 0 Å². The smallest absolute Gasteiger partial charge is 0.409 e. The summed E-state index contributed by atoms with van der Waals surface area (Å²) >= 11 is 0. The van der Waals surface area contributed by atoms with Crippen molar-refractivity contribution in [1.29, 1.82) is 0 Å². The Morgan fingerprint density at radius 1 is 0.838 bits per heavy atom. The van der Waals surface area contributed by atoms with E-state index in [0.717, 1.165) is 5.56 Å². The van der Waals surface area contributed by atoms with Crippen LogP contribution in [0.3, 0.4) is 0 Å². The number of ether oxygens (including phenoxy) is 2. The molecule has 0 saturated carbocycles. The number of alkyl carbamates (subject to hydrolysis) is 2. The van der Waals surface area contributed by atoms with E-state index in [2.05, 4.69) is 20.9 Å². The van der Waals surface area contributed by atoms with Gasteiger partial charge in [-0.25, -0.2) is 14.6 Å². The molecule has 10 heteroatoms. The molecule has 1 heterocycles. The van der Waals surface area contributed by atoms with Gasteiger partial charge in [0, 0.05) is 11.8 Å². The molecule has 1 unspecified atom stereocenters. The van der Waals surface area contributed by atoms with Gasteiger partial charge in [-0.2, -0.15) is 0 Å². The van der Waals surface area contributed by atoms with E-state index in [1.807, 2.05) is 6.07 Å². The lowest BCUT2D eigenvalue weighted by molar-refractivity contribution is -0.118. The predicted molar refractivity (Wildman–Crippen MR) is 136 cm³/mol. The number of anilines is 1. The maximum Gasteiger partial charge on any atom is 0.409 e. The Bertz CT molecular complexity index is 1240. The van der Waals surface area contributed by atoms with E-state index < -0.39 is 29.9 Å². The minimum Gasteiger partial charge on any atom is -0.445 e. The van der Waals surface area contributed by atoms with Crippen molar-refractivity contribution in [2.45, 2.75) is 39.1 Å². The third kappa shape index (κ3) is 8.46. The van der Waals surface area contributed by atoms with E-state index in [1.165, 1.54) is 12.3 Å². The van der Waals surface area contributed by atoms with Crippen molar-refractivity contribution in [3.05, 3.63) is 95.7 Å². The van der Waals surface area contributed by atoms with Crippen molar-refractivity contribution in [1.82, 2.24) is 15.6 Å². The second-order valence-electron chi connectivity index (χ2n) is 8.87. The highest BCUT2D eigenvalue weighted by atomic mass is 16.6. The van der Waals surface area contributed by atoms with Gasteiger partial charge < -0.3 is 14.8 Å². The summed E-state index contributed by atoms with van der Waals surface area (Å²) in [5.41, 5.74) is 0.410. The summed E-state index contributed by atoms with van der Waals surface area (Å²) in [5, 5.41) is 7.11. The minimum absolute atomic E-state index is 0.0446. The average molecular weight is 505 g/mol. The molecule has 3 amide bonds. The number of carbonyl (C=O) groups is 4. The minimum atomic E-state index is -1.60. The standard InChI is InChI=1S/C27H28N4O6/c1-27(2,3)37-26(35)31-23(30-25(34)36-17-18-11-6-4-7-12-18)24(33)29-22-20(15-10-16-28-22)21(32)19-13-8-5-9-14-19/h4-16,23H,17H2,1-3H3,(H,30,34)(H,31,35)(H,28,29,33). The molecule has 0 radical (unpaired) electrons. The number of nitrogens with zero attached hydrogens (tertiary/aromatic N) is 1. The molecule has 0 aliphatic rings. The summed E-state index contributed by atoms with van der Waals surface area (Å²) in [7, 11) is 0. The van der Waals surface area contributed by atoms with Crippen molar-refractivity contribution < 1.29 is 28.7 Å². The van der Waals surface area contributed by atoms with Crippen LogP contribution in [0, 0.1) is 0 Å². The van der Waals surface area contributed by atoms with Crippen LogP contribution in [-0.4, -0.2) is 40.6 Å². The van der Waals surface area contributed by atoms with Gasteiger partial charge >= 0.3 is 12.2 Å². The van der Waals surface area contributed by atoms with E-state index in [1.54, 1.807) is 81.4 Å². The molecular formula is C27H28N4O6. The molecule has 2 aromatic carbocycles. The van der Waals surface area contributed by atoms with Crippen molar-refractivity contribution in [2.24, 2.45) is 0 Å². The van der Waals surface area contributed by atoms with Crippen LogP contribution in [0.5, 0.6) is 0 Å². The Morgan fingerprint density at radius 2 is 1.46 bits per heavy atom. The molecule has 192 valence electrons. The first-order valence-electron chi connectivity index (χ1n) is 11.4. The Morgan fingerprint density at radius 3 is 2.11 bits per heavy atom. The molecule has 0 saturated heterocycles. The molecule has 37 heavy (non-hydrogen) atoms. The number of rotatable bonds is 8. The molecule has 1 aromatic heterocycles. The second kappa shape index (κ2) is 12.3. The van der Waals surface area contributed by atoms with Gasteiger partial charge in [-0.3, -0.25) is 20.2 Å². The molecule has 0 bridgehead atoms. The molecule has 0 spiro atoms. The van der Waals surface area contributed by atoms with Crippen LogP contribution in [0.4, 0.5) is 15.4 Å². The van der Waals surface area contributed by atoms with Gasteiger partial charge in [0.25, 0.3) is 5.91 Å². The van der Waals surface area contributed by atoms with Crippen LogP contribution in [0.25, 0.3) is 0 Å². The Kier molecular flexibility index (Phi) is 8.93. The number of ketones is 1. The third-order valence-electron chi connectivity index (χ3n) is 4.73. The fraction of sp³-hybridized carbons (Fsp3) is 0.222. The van der Waals surface area contributed by atoms with Crippen molar-refractivity contribution >= 4 is 29.7 Å². The second-order valence-corrected chi connectivity index (χ2v) is 8.87. The highest BCUT2D eigenvalue weighted by Gasteiger charge is 2.28. The molecule has 0 aliphatic carbocycles. The topological polar surface area (TPSA) is 136 Å². The molecule has 10 nitrogen and oxygen atoms in total. The number of aromatic nitrogens is 1. The zero-order valence-electron chi connectivity index (χ0n) is 20.7. The molecule has 0 fully saturated rings. The predicted octanol–water partition coefficient (Wildman–Crippen LogP) is 4.03. The summed E-state index contributed by atoms with van der Waals surface area (Å²) in [4.78, 5) is 55.0. The van der Waals surface area contributed by atoms with Crippen LogP contribution < -0.4 is 16.0 Å². The van der Waals surface area contributed by atoms with Gasteiger partial charge in [-0.15, -0.1) is 0 Å². The van der Waals surface area contributed by atoms with Gasteiger partial charge in [0.1, 0.15) is 18.0 Å². The van der Waals surface area contributed by atoms with E-state index in [-0.39, 0.29) is 23.8 Å². The number of hydrogen-bond donors (Lipinski definition) is 3. The Balaban J connectivity index is 1.76. The molecule has 0 aliphatic heterocycles. The third-order valence-corrected chi connectivity index (χ3v) is 4.73. The van der Waals surface area contributed by atoms with Gasteiger partial charge in [-0.05, 0) is 38.5 Å². The van der Waals surface area contributed by atoms with Crippen LogP contribution in [0.15, 0.2) is 79.0 Å². The number of benzene rings is 2. The van der Waals surface area contributed by atoms with Gasteiger partial charge in [-0.1, -0.05) is 60.7 Å². The van der Waals surface area contributed by atoms with E-state index in [0.29, 0.717) is 5.56 Å². The summed E-state index contributed by atoms with van der Waals surface area (Å²) in [6.07, 6.45) is -2.10. The summed E-state index contributed by atoms with van der Waals surface area (Å²) in [6, 6.07) is 20.5. The molecule has 1 atom stereocenters. The maximum absolute atomic E-state index is 13.1. The zero-order chi connectivity index (χ0) is 26.8. The SMILES string of the molecule is CC(C)(C)OC(=O)NC(NC(=O)OCc1ccccc1)C(=O)Nc1ncccc1C(=O)c1ccccc1. The molecule has 3 rings (SSSR count). The lowest BCUT2D eigenvalue weighted by Gasteiger charge is -2.23. The lowest BCUT2D eigenvalue weighted by Crippen LogP contribution is -2.55. The van der Waals surface area contributed by atoms with Gasteiger partial charge in [0.2, 0.25) is 0 Å². The fourth-order valence-electron chi connectivity index (χ4n) is 3.10. The number of pyridine rings is 1. The zero-order valence-corrected chi connectivity index (χ0v) is 20.7. The highest BCUT2D eigenvalue weighted by molar-refractivity contribution is 6.13. The lowest BCUT2D eigenvalue weighted by atomic mass is 10.0. The van der Waals surface area contributed by atoms with Crippen molar-refractivity contribution in [3.63, 3.8) is 0 Å². The first-order valence-corrected chi connectivity index (χ1v) is 11.4. The van der Waals surface area contributed by atoms with Crippen LogP contribution in [-0.2, 0) is 20.9 Å².